The van der Waals surface area contributed by atoms with E-state index >= 15 is 0 Å². The summed E-state index contributed by atoms with van der Waals surface area (Å²) >= 11 is 0. The maximum atomic E-state index is 14.1. The second kappa shape index (κ2) is 5.13. The molecule has 4 rings (SSSR count). The number of aliphatic hydroxyl groups is 1. The van der Waals surface area contributed by atoms with Gasteiger partial charge in [-0.3, -0.25) is 0 Å². The Hall–Kier alpha value is -2.74. The van der Waals surface area contributed by atoms with Crippen LogP contribution in [0, 0.1) is 11.6 Å². The molecule has 24 heavy (non-hydrogen) atoms. The molecule has 0 spiro atoms. The molecule has 8 heteroatoms. The number of benzene rings is 1. The first kappa shape index (κ1) is 14.8. The van der Waals surface area contributed by atoms with Gasteiger partial charge in [-0.15, -0.1) is 0 Å². The molecule has 2 aromatic heterocycles. The lowest BCUT2D eigenvalue weighted by atomic mass is 9.76. The molecule has 1 aliphatic rings. The standard InChI is InChI=1S/C16H13F2N5O/c1-9(14-13(18)5-19-7-20-14)16(24)6-23-15(21-8-22-23)11-4-10(17)2-3-12(11)16/h2-5,7-9,24H,6H2,1H3/t9-,16+/m0/s1. The summed E-state index contributed by atoms with van der Waals surface area (Å²) in [5.74, 6) is -1.30. The smallest absolute Gasteiger partial charge is 0.163 e. The van der Waals surface area contributed by atoms with Gasteiger partial charge in [-0.1, -0.05) is 13.0 Å². The van der Waals surface area contributed by atoms with Crippen molar-refractivity contribution in [1.82, 2.24) is 24.7 Å². The first-order chi connectivity index (χ1) is 11.5. The molecule has 0 unspecified atom stereocenters. The minimum Gasteiger partial charge on any atom is -0.382 e. The normalized spacial score (nSPS) is 20.3. The van der Waals surface area contributed by atoms with E-state index in [1.54, 1.807) is 6.92 Å². The van der Waals surface area contributed by atoms with E-state index in [0.29, 0.717) is 17.0 Å². The third-order valence-electron chi connectivity index (χ3n) is 4.52. The number of halogens is 2. The summed E-state index contributed by atoms with van der Waals surface area (Å²) in [6.07, 6.45) is 3.62. The highest BCUT2D eigenvalue weighted by Gasteiger charge is 2.44. The minimum absolute atomic E-state index is 0.0611. The van der Waals surface area contributed by atoms with Crippen LogP contribution in [0.4, 0.5) is 8.78 Å². The molecule has 1 aliphatic heterocycles. The maximum absolute atomic E-state index is 14.1. The molecule has 1 N–H and O–H groups in total. The number of hydrogen-bond acceptors (Lipinski definition) is 5. The van der Waals surface area contributed by atoms with Crippen molar-refractivity contribution in [2.45, 2.75) is 25.0 Å². The van der Waals surface area contributed by atoms with Crippen molar-refractivity contribution < 1.29 is 13.9 Å². The van der Waals surface area contributed by atoms with Gasteiger partial charge in [0.2, 0.25) is 0 Å². The number of hydrogen-bond donors (Lipinski definition) is 1. The van der Waals surface area contributed by atoms with Gasteiger partial charge in [-0.2, -0.15) is 5.10 Å². The second-order valence-electron chi connectivity index (χ2n) is 5.83. The van der Waals surface area contributed by atoms with Gasteiger partial charge in [0.05, 0.1) is 18.4 Å². The summed E-state index contributed by atoms with van der Waals surface area (Å²) in [6, 6.07) is 4.06. The van der Waals surface area contributed by atoms with E-state index in [0.717, 1.165) is 6.20 Å². The van der Waals surface area contributed by atoms with Crippen LogP contribution >= 0.6 is 0 Å². The molecule has 0 fully saturated rings. The molecule has 1 aromatic carbocycles. The van der Waals surface area contributed by atoms with Crippen LogP contribution in [-0.2, 0) is 12.1 Å². The third-order valence-corrected chi connectivity index (χ3v) is 4.52. The second-order valence-corrected chi connectivity index (χ2v) is 5.83. The van der Waals surface area contributed by atoms with E-state index in [-0.39, 0.29) is 12.2 Å². The Morgan fingerprint density at radius 3 is 2.88 bits per heavy atom. The number of rotatable bonds is 2. The van der Waals surface area contributed by atoms with E-state index < -0.39 is 23.2 Å². The van der Waals surface area contributed by atoms with Crippen LogP contribution in [0.1, 0.15) is 24.1 Å². The van der Waals surface area contributed by atoms with E-state index in [4.69, 9.17) is 0 Å². The highest BCUT2D eigenvalue weighted by molar-refractivity contribution is 5.64. The molecule has 3 heterocycles. The summed E-state index contributed by atoms with van der Waals surface area (Å²) in [5.41, 5.74) is -0.525. The minimum atomic E-state index is -1.51. The first-order valence-electron chi connectivity index (χ1n) is 7.36. The van der Waals surface area contributed by atoms with Crippen LogP contribution in [0.2, 0.25) is 0 Å². The quantitative estimate of drug-likeness (QED) is 0.778. The van der Waals surface area contributed by atoms with Crippen molar-refractivity contribution in [3.8, 4) is 11.4 Å². The fraction of sp³-hybridized carbons (Fsp3) is 0.250. The van der Waals surface area contributed by atoms with Crippen molar-refractivity contribution in [3.05, 3.63) is 59.9 Å². The fourth-order valence-corrected chi connectivity index (χ4v) is 3.22. The van der Waals surface area contributed by atoms with Crippen LogP contribution < -0.4 is 0 Å². The van der Waals surface area contributed by atoms with Crippen molar-refractivity contribution in [2.75, 3.05) is 0 Å². The summed E-state index contributed by atoms with van der Waals surface area (Å²) in [7, 11) is 0. The average Bonchev–Trinajstić information content (AvgIpc) is 3.02. The van der Waals surface area contributed by atoms with Gasteiger partial charge in [-0.05, 0) is 17.7 Å². The Labute approximate surface area is 135 Å². The lowest BCUT2D eigenvalue weighted by Gasteiger charge is -2.38. The van der Waals surface area contributed by atoms with Crippen LogP contribution in [0.5, 0.6) is 0 Å². The average molecular weight is 329 g/mol. The molecule has 0 bridgehead atoms. The van der Waals surface area contributed by atoms with Gasteiger partial charge in [0.25, 0.3) is 0 Å². The summed E-state index contributed by atoms with van der Waals surface area (Å²) in [5, 5.41) is 15.5. The van der Waals surface area contributed by atoms with E-state index in [1.165, 1.54) is 35.5 Å². The van der Waals surface area contributed by atoms with Gasteiger partial charge in [-0.25, -0.2) is 28.4 Å². The molecule has 0 saturated carbocycles. The van der Waals surface area contributed by atoms with Gasteiger partial charge in [0.15, 0.2) is 11.6 Å². The van der Waals surface area contributed by atoms with Crippen molar-refractivity contribution in [3.63, 3.8) is 0 Å². The van der Waals surface area contributed by atoms with Crippen molar-refractivity contribution in [1.29, 1.82) is 0 Å². The van der Waals surface area contributed by atoms with E-state index in [9.17, 15) is 13.9 Å². The Morgan fingerprint density at radius 1 is 1.25 bits per heavy atom. The van der Waals surface area contributed by atoms with Crippen LogP contribution in [0.15, 0.2) is 37.1 Å². The summed E-state index contributed by atoms with van der Waals surface area (Å²) < 4.78 is 29.3. The zero-order valence-electron chi connectivity index (χ0n) is 12.7. The van der Waals surface area contributed by atoms with Crippen LogP contribution in [0.25, 0.3) is 11.4 Å². The fourth-order valence-electron chi connectivity index (χ4n) is 3.22. The predicted molar refractivity (Wildman–Crippen MR) is 79.7 cm³/mol. The Balaban J connectivity index is 1.92. The molecule has 2 atom stereocenters. The largest absolute Gasteiger partial charge is 0.382 e. The molecular weight excluding hydrogens is 316 g/mol. The lowest BCUT2D eigenvalue weighted by molar-refractivity contribution is -0.0124. The lowest BCUT2D eigenvalue weighted by Crippen LogP contribution is -2.41. The number of aromatic nitrogens is 5. The maximum Gasteiger partial charge on any atom is 0.163 e. The van der Waals surface area contributed by atoms with E-state index in [2.05, 4.69) is 20.1 Å². The predicted octanol–water partition coefficient (Wildman–Crippen LogP) is 2.02. The van der Waals surface area contributed by atoms with E-state index in [1.807, 2.05) is 0 Å². The Kier molecular flexibility index (Phi) is 3.17. The Morgan fingerprint density at radius 2 is 2.08 bits per heavy atom. The molecule has 0 radical (unpaired) electrons. The number of nitrogens with zero attached hydrogens (tertiary/aromatic N) is 5. The molecule has 0 saturated heterocycles. The van der Waals surface area contributed by atoms with Gasteiger partial charge >= 0.3 is 0 Å². The van der Waals surface area contributed by atoms with Gasteiger partial charge in [0.1, 0.15) is 24.1 Å². The van der Waals surface area contributed by atoms with Crippen LogP contribution in [-0.4, -0.2) is 29.8 Å². The SMILES string of the molecule is C[C@@H](c1ncncc1F)[C@]1(O)Cn2ncnc2-c2cc(F)ccc21. The highest BCUT2D eigenvalue weighted by Crippen LogP contribution is 2.45. The molecule has 6 nitrogen and oxygen atoms in total. The van der Waals surface area contributed by atoms with Crippen molar-refractivity contribution >= 4 is 0 Å². The van der Waals surface area contributed by atoms with Gasteiger partial charge < -0.3 is 5.11 Å². The Bertz CT molecular complexity index is 928. The van der Waals surface area contributed by atoms with Crippen LogP contribution in [0.3, 0.4) is 0 Å². The highest BCUT2D eigenvalue weighted by atomic mass is 19.1. The summed E-state index contributed by atoms with van der Waals surface area (Å²) in [6.45, 7) is 1.73. The third kappa shape index (κ3) is 2.03. The monoisotopic (exact) mass is 329 g/mol. The van der Waals surface area contributed by atoms with Gasteiger partial charge in [0, 0.05) is 11.5 Å². The molecule has 3 aromatic rings. The molecular formula is C16H13F2N5O. The topological polar surface area (TPSA) is 76.7 Å². The summed E-state index contributed by atoms with van der Waals surface area (Å²) in [4.78, 5) is 11.7. The number of fused-ring (bicyclic) bond motifs is 3. The molecule has 0 amide bonds. The van der Waals surface area contributed by atoms with Crippen molar-refractivity contribution in [2.24, 2.45) is 0 Å². The first-order valence-corrected chi connectivity index (χ1v) is 7.36. The molecule has 0 aliphatic carbocycles. The zero-order chi connectivity index (χ0) is 16.9. The molecule has 122 valence electrons. The zero-order valence-corrected chi connectivity index (χ0v) is 12.7.